The molecule has 3 N–H and O–H groups in total. The van der Waals surface area contributed by atoms with Gasteiger partial charge >= 0.3 is 0 Å². The third-order valence-corrected chi connectivity index (χ3v) is 2.29. The molecule has 1 aromatic heterocycles. The summed E-state index contributed by atoms with van der Waals surface area (Å²) in [5.41, 5.74) is 5.31. The number of benzene rings is 1. The minimum absolute atomic E-state index is 0.152. The van der Waals surface area contributed by atoms with Gasteiger partial charge in [-0.15, -0.1) is 0 Å². The quantitative estimate of drug-likeness (QED) is 0.820. The highest BCUT2D eigenvalue weighted by Gasteiger charge is 2.13. The van der Waals surface area contributed by atoms with Crippen molar-refractivity contribution in [3.8, 4) is 0 Å². The van der Waals surface area contributed by atoms with E-state index in [-0.39, 0.29) is 17.1 Å². The van der Waals surface area contributed by atoms with Gasteiger partial charge in [-0.1, -0.05) is 0 Å². The fourth-order valence-corrected chi connectivity index (χ4v) is 1.37. The Labute approximate surface area is 106 Å². The van der Waals surface area contributed by atoms with E-state index in [2.05, 4.69) is 10.3 Å². The zero-order chi connectivity index (χ0) is 14.0. The van der Waals surface area contributed by atoms with Gasteiger partial charge in [0.05, 0.1) is 5.56 Å². The van der Waals surface area contributed by atoms with E-state index in [9.17, 15) is 18.0 Å². The second kappa shape index (κ2) is 4.97. The maximum Gasteiger partial charge on any atom is 0.257 e. The first-order valence-electron chi connectivity index (χ1n) is 5.15. The fourth-order valence-electron chi connectivity index (χ4n) is 1.37. The van der Waals surface area contributed by atoms with Gasteiger partial charge in [-0.3, -0.25) is 4.79 Å². The number of halogens is 3. The monoisotopic (exact) mass is 267 g/mol. The van der Waals surface area contributed by atoms with Crippen LogP contribution in [-0.4, -0.2) is 10.9 Å². The van der Waals surface area contributed by atoms with Crippen LogP contribution in [0.1, 0.15) is 10.4 Å². The molecule has 98 valence electrons. The van der Waals surface area contributed by atoms with Gasteiger partial charge < -0.3 is 11.1 Å². The van der Waals surface area contributed by atoms with Gasteiger partial charge in [0.25, 0.3) is 5.91 Å². The Morgan fingerprint density at radius 3 is 2.32 bits per heavy atom. The highest BCUT2D eigenvalue weighted by atomic mass is 19.2. The van der Waals surface area contributed by atoms with Crippen LogP contribution in [0.3, 0.4) is 0 Å². The fraction of sp³-hybridized carbons (Fsp3) is 0. The summed E-state index contributed by atoms with van der Waals surface area (Å²) in [7, 11) is 0. The molecule has 0 radical (unpaired) electrons. The van der Waals surface area contributed by atoms with Crippen molar-refractivity contribution < 1.29 is 18.0 Å². The van der Waals surface area contributed by atoms with E-state index < -0.39 is 23.4 Å². The summed E-state index contributed by atoms with van der Waals surface area (Å²) in [4.78, 5) is 15.4. The Morgan fingerprint density at radius 1 is 1.16 bits per heavy atom. The molecule has 19 heavy (non-hydrogen) atoms. The summed E-state index contributed by atoms with van der Waals surface area (Å²) in [5, 5.41) is 2.22. The van der Waals surface area contributed by atoms with Crippen molar-refractivity contribution in [1.29, 1.82) is 0 Å². The topological polar surface area (TPSA) is 68.0 Å². The van der Waals surface area contributed by atoms with Crippen LogP contribution in [0.5, 0.6) is 0 Å². The minimum atomic E-state index is -1.59. The van der Waals surface area contributed by atoms with E-state index in [1.54, 1.807) is 0 Å². The van der Waals surface area contributed by atoms with E-state index >= 15 is 0 Å². The number of carbonyl (C=O) groups excluding carboxylic acids is 1. The Morgan fingerprint density at radius 2 is 1.79 bits per heavy atom. The standard InChI is InChI=1S/C12H8F3N3O/c13-8-3-7(4-9(14)11(8)15)18-12(19)6-1-2-10(16)17-5-6/h1-5H,(H2,16,17)(H,18,19). The van der Waals surface area contributed by atoms with Crippen molar-refractivity contribution in [1.82, 2.24) is 4.98 Å². The molecule has 1 heterocycles. The first-order valence-corrected chi connectivity index (χ1v) is 5.15. The first-order chi connectivity index (χ1) is 8.97. The second-order valence-corrected chi connectivity index (χ2v) is 3.68. The molecular weight excluding hydrogens is 259 g/mol. The molecule has 0 saturated carbocycles. The predicted octanol–water partition coefficient (Wildman–Crippen LogP) is 2.33. The SMILES string of the molecule is Nc1ccc(C(=O)Nc2cc(F)c(F)c(F)c2)cn1. The van der Waals surface area contributed by atoms with Gasteiger partial charge in [-0.2, -0.15) is 0 Å². The van der Waals surface area contributed by atoms with Crippen LogP contribution in [0.4, 0.5) is 24.7 Å². The van der Waals surface area contributed by atoms with Crippen molar-refractivity contribution in [3.05, 3.63) is 53.5 Å². The van der Waals surface area contributed by atoms with Crippen LogP contribution in [0, 0.1) is 17.5 Å². The van der Waals surface area contributed by atoms with Gasteiger partial charge in [0.2, 0.25) is 0 Å². The number of hydrogen-bond donors (Lipinski definition) is 2. The van der Waals surface area contributed by atoms with Crippen molar-refractivity contribution in [2.45, 2.75) is 0 Å². The van der Waals surface area contributed by atoms with E-state index in [0.29, 0.717) is 12.1 Å². The number of carbonyl (C=O) groups is 1. The Hall–Kier alpha value is -2.57. The maximum absolute atomic E-state index is 13.0. The van der Waals surface area contributed by atoms with E-state index in [4.69, 9.17) is 5.73 Å². The lowest BCUT2D eigenvalue weighted by Crippen LogP contribution is -2.13. The van der Waals surface area contributed by atoms with E-state index in [0.717, 1.165) is 0 Å². The number of anilines is 2. The first kappa shape index (κ1) is 12.9. The molecule has 1 aromatic carbocycles. The zero-order valence-corrected chi connectivity index (χ0v) is 9.45. The number of nitrogens with two attached hydrogens (primary N) is 1. The molecular formula is C12H8F3N3O. The molecule has 1 amide bonds. The van der Waals surface area contributed by atoms with Crippen LogP contribution in [0.15, 0.2) is 30.5 Å². The Kier molecular flexibility index (Phi) is 3.37. The number of nitrogens with zero attached hydrogens (tertiary/aromatic N) is 1. The highest BCUT2D eigenvalue weighted by molar-refractivity contribution is 6.04. The van der Waals surface area contributed by atoms with Crippen LogP contribution in [0.25, 0.3) is 0 Å². The molecule has 0 spiro atoms. The zero-order valence-electron chi connectivity index (χ0n) is 9.45. The predicted molar refractivity (Wildman–Crippen MR) is 62.9 cm³/mol. The lowest BCUT2D eigenvalue weighted by Gasteiger charge is -2.06. The summed E-state index contributed by atoms with van der Waals surface area (Å²) >= 11 is 0. The number of hydrogen-bond acceptors (Lipinski definition) is 3. The molecule has 0 atom stereocenters. The molecule has 0 fully saturated rings. The van der Waals surface area contributed by atoms with Gasteiger partial charge in [-0.25, -0.2) is 18.2 Å². The van der Waals surface area contributed by atoms with Crippen molar-refractivity contribution in [2.75, 3.05) is 11.1 Å². The van der Waals surface area contributed by atoms with Crippen molar-refractivity contribution in [2.24, 2.45) is 0 Å². The van der Waals surface area contributed by atoms with Crippen molar-refractivity contribution >= 4 is 17.4 Å². The number of amides is 1. The lowest BCUT2D eigenvalue weighted by atomic mass is 10.2. The summed E-state index contributed by atoms with van der Waals surface area (Å²) in [5.74, 6) is -4.77. The highest BCUT2D eigenvalue weighted by Crippen LogP contribution is 2.18. The average molecular weight is 267 g/mol. The van der Waals surface area contributed by atoms with Crippen molar-refractivity contribution in [3.63, 3.8) is 0 Å². The molecule has 0 aliphatic carbocycles. The maximum atomic E-state index is 13.0. The van der Waals surface area contributed by atoms with Gasteiger partial charge in [0, 0.05) is 24.0 Å². The summed E-state index contributed by atoms with van der Waals surface area (Å²) in [6.07, 6.45) is 1.21. The third-order valence-electron chi connectivity index (χ3n) is 2.29. The molecule has 2 rings (SSSR count). The summed E-state index contributed by atoms with van der Waals surface area (Å²) in [6, 6.07) is 4.16. The largest absolute Gasteiger partial charge is 0.384 e. The van der Waals surface area contributed by atoms with Gasteiger partial charge in [-0.05, 0) is 12.1 Å². The molecule has 0 aliphatic rings. The van der Waals surface area contributed by atoms with Gasteiger partial charge in [0.1, 0.15) is 5.82 Å². The Bertz CT molecular complexity index is 606. The van der Waals surface area contributed by atoms with Crippen LogP contribution in [0.2, 0.25) is 0 Å². The van der Waals surface area contributed by atoms with Gasteiger partial charge in [0.15, 0.2) is 17.5 Å². The molecule has 0 bridgehead atoms. The van der Waals surface area contributed by atoms with E-state index in [1.807, 2.05) is 0 Å². The average Bonchev–Trinajstić information content (AvgIpc) is 2.36. The third kappa shape index (κ3) is 2.82. The van der Waals surface area contributed by atoms with E-state index in [1.165, 1.54) is 18.3 Å². The number of nitrogen functional groups attached to an aromatic ring is 1. The second-order valence-electron chi connectivity index (χ2n) is 3.68. The van der Waals surface area contributed by atoms with Crippen LogP contribution in [-0.2, 0) is 0 Å². The van der Waals surface area contributed by atoms with Crippen LogP contribution < -0.4 is 11.1 Å². The number of aromatic nitrogens is 1. The summed E-state index contributed by atoms with van der Waals surface area (Å²) in [6.45, 7) is 0. The molecule has 0 unspecified atom stereocenters. The molecule has 0 aliphatic heterocycles. The lowest BCUT2D eigenvalue weighted by molar-refractivity contribution is 0.102. The normalized spacial score (nSPS) is 10.3. The molecule has 4 nitrogen and oxygen atoms in total. The Balaban J connectivity index is 2.22. The van der Waals surface area contributed by atoms with Crippen LogP contribution >= 0.6 is 0 Å². The smallest absolute Gasteiger partial charge is 0.257 e. The molecule has 7 heteroatoms. The molecule has 0 saturated heterocycles. The number of nitrogens with one attached hydrogen (secondary N) is 1. The minimum Gasteiger partial charge on any atom is -0.384 e. The number of rotatable bonds is 2. The molecule has 2 aromatic rings. The summed E-state index contributed by atoms with van der Waals surface area (Å²) < 4.78 is 38.6. The number of pyridine rings is 1.